The second-order valence-electron chi connectivity index (χ2n) is 23.0. The molecule has 0 radical (unpaired) electrons. The number of allylic oxidation sites excluding steroid dienone is 20. The van der Waals surface area contributed by atoms with E-state index in [2.05, 4.69) is 142 Å². The fourth-order valence-electron chi connectivity index (χ4n) is 9.79. The van der Waals surface area contributed by atoms with E-state index in [1.165, 1.54) is 154 Å². The van der Waals surface area contributed by atoms with Gasteiger partial charge in [0, 0.05) is 19.3 Å². The predicted octanol–water partition coefficient (Wildman–Crippen LogP) is 24.3. The summed E-state index contributed by atoms with van der Waals surface area (Å²) in [4.78, 5) is 38.4. The second-order valence-corrected chi connectivity index (χ2v) is 23.0. The first-order valence-corrected chi connectivity index (χ1v) is 35.0. The molecule has 0 saturated carbocycles. The molecule has 0 aromatic carbocycles. The van der Waals surface area contributed by atoms with Crippen molar-refractivity contribution < 1.29 is 28.6 Å². The van der Waals surface area contributed by atoms with Crippen molar-refractivity contribution >= 4 is 17.9 Å². The van der Waals surface area contributed by atoms with Crippen LogP contribution in [0.15, 0.2) is 122 Å². The molecule has 83 heavy (non-hydrogen) atoms. The van der Waals surface area contributed by atoms with Crippen LogP contribution >= 0.6 is 0 Å². The number of hydrogen-bond donors (Lipinski definition) is 0. The van der Waals surface area contributed by atoms with Gasteiger partial charge in [0.1, 0.15) is 13.2 Å². The molecule has 0 aromatic rings. The maximum atomic E-state index is 12.9. The van der Waals surface area contributed by atoms with Gasteiger partial charge >= 0.3 is 17.9 Å². The van der Waals surface area contributed by atoms with Crippen molar-refractivity contribution in [1.82, 2.24) is 0 Å². The van der Waals surface area contributed by atoms with Gasteiger partial charge in [0.2, 0.25) is 0 Å². The number of hydrogen-bond acceptors (Lipinski definition) is 6. The lowest BCUT2D eigenvalue weighted by Gasteiger charge is -2.18. The molecule has 0 aliphatic heterocycles. The Morgan fingerprint density at radius 1 is 0.253 bits per heavy atom. The summed E-state index contributed by atoms with van der Waals surface area (Å²) in [5, 5.41) is 0. The van der Waals surface area contributed by atoms with E-state index in [4.69, 9.17) is 14.2 Å². The Morgan fingerprint density at radius 2 is 0.470 bits per heavy atom. The second kappa shape index (κ2) is 70.3. The molecule has 474 valence electrons. The van der Waals surface area contributed by atoms with Crippen LogP contribution in [0.3, 0.4) is 0 Å². The summed E-state index contributed by atoms with van der Waals surface area (Å²) >= 11 is 0. The topological polar surface area (TPSA) is 78.9 Å². The highest BCUT2D eigenvalue weighted by Gasteiger charge is 2.19. The molecule has 1 atom stereocenters. The molecule has 0 aromatic heterocycles. The summed E-state index contributed by atoms with van der Waals surface area (Å²) in [6, 6.07) is 0. The molecule has 0 amide bonds. The van der Waals surface area contributed by atoms with Crippen molar-refractivity contribution in [2.24, 2.45) is 0 Å². The highest BCUT2D eigenvalue weighted by Crippen LogP contribution is 2.17. The number of esters is 3. The Bertz CT molecular complexity index is 1700. The monoisotopic (exact) mass is 1150 g/mol. The van der Waals surface area contributed by atoms with E-state index >= 15 is 0 Å². The largest absolute Gasteiger partial charge is 0.462 e. The molecule has 0 N–H and O–H groups in total. The van der Waals surface area contributed by atoms with E-state index in [0.717, 1.165) is 135 Å². The molecule has 0 saturated heterocycles. The van der Waals surface area contributed by atoms with Gasteiger partial charge in [-0.3, -0.25) is 14.4 Å². The van der Waals surface area contributed by atoms with Crippen LogP contribution in [0, 0.1) is 0 Å². The highest BCUT2D eigenvalue weighted by atomic mass is 16.6. The summed E-state index contributed by atoms with van der Waals surface area (Å²) in [6.45, 7) is 6.41. The third kappa shape index (κ3) is 68.5. The summed E-state index contributed by atoms with van der Waals surface area (Å²) < 4.78 is 16.9. The van der Waals surface area contributed by atoms with Crippen LogP contribution < -0.4 is 0 Å². The molecule has 0 spiro atoms. The van der Waals surface area contributed by atoms with Gasteiger partial charge in [-0.1, -0.05) is 322 Å². The first-order valence-electron chi connectivity index (χ1n) is 35.0. The first kappa shape index (κ1) is 78.8. The third-order valence-electron chi connectivity index (χ3n) is 15.0. The van der Waals surface area contributed by atoms with Gasteiger partial charge in [-0.05, 0) is 109 Å². The number of rotatable bonds is 63. The van der Waals surface area contributed by atoms with Crippen LogP contribution in [-0.4, -0.2) is 37.2 Å². The van der Waals surface area contributed by atoms with Gasteiger partial charge in [0.05, 0.1) is 0 Å². The van der Waals surface area contributed by atoms with E-state index in [-0.39, 0.29) is 31.1 Å². The summed E-state index contributed by atoms with van der Waals surface area (Å²) in [5.74, 6) is -0.900. The number of carbonyl (C=O) groups is 3. The first-order chi connectivity index (χ1) is 41.0. The molecule has 0 rings (SSSR count). The van der Waals surface area contributed by atoms with Crippen LogP contribution in [0.2, 0.25) is 0 Å². The fraction of sp³-hybridized carbons (Fsp3) is 0.701. The minimum Gasteiger partial charge on any atom is -0.462 e. The van der Waals surface area contributed by atoms with Crippen molar-refractivity contribution in [3.05, 3.63) is 122 Å². The standard InChI is InChI=1S/C77H130O6/c1-4-7-10-13-16-19-22-24-26-28-30-32-34-35-36-37-38-39-40-41-43-44-46-48-50-52-55-58-61-64-67-70-76(79)82-73-74(72-81-75(78)69-66-63-60-57-54-21-18-15-12-9-6-3)83-77(80)71-68-65-62-59-56-53-51-49-47-45-42-33-31-29-27-25-23-20-17-14-11-8-5-2/h7-8,10-11,16-17,19-20,24-27,30-33,45,47,51,53,74H,4-6,9,12-15,18,21-23,28-29,34-44,46,48-50,52,54-73H2,1-3H3/b10-7-,11-8-,19-16-,20-17-,26-24-,27-25-,32-30-,33-31-,47-45-,53-51-. The molecule has 0 bridgehead atoms. The normalized spacial score (nSPS) is 12.9. The SMILES string of the molecule is CC/C=C\C/C=C\C/C=C\C/C=C\C/C=C\C/C=C\CCCCCCC(=O)OC(COC(=O)CCCCCCCCCCCCC)COC(=O)CCCCCCCCCCCCCCCCCCCC/C=C\C/C=C\C/C=C\C/C=C\CC. The van der Waals surface area contributed by atoms with Crippen LogP contribution in [0.25, 0.3) is 0 Å². The lowest BCUT2D eigenvalue weighted by atomic mass is 10.0. The van der Waals surface area contributed by atoms with Crippen LogP contribution in [-0.2, 0) is 28.6 Å². The van der Waals surface area contributed by atoms with E-state index in [1.54, 1.807) is 0 Å². The summed E-state index contributed by atoms with van der Waals surface area (Å²) in [6.07, 6.45) is 98.0. The summed E-state index contributed by atoms with van der Waals surface area (Å²) in [7, 11) is 0. The fourth-order valence-corrected chi connectivity index (χ4v) is 9.79. The quantitative estimate of drug-likeness (QED) is 0.0261. The van der Waals surface area contributed by atoms with Crippen molar-refractivity contribution in [1.29, 1.82) is 0 Å². The number of unbranched alkanes of at least 4 members (excludes halogenated alkanes) is 32. The Hall–Kier alpha value is -4.19. The molecule has 6 nitrogen and oxygen atoms in total. The average Bonchev–Trinajstić information content (AvgIpc) is 3.48. The highest BCUT2D eigenvalue weighted by molar-refractivity contribution is 5.71. The van der Waals surface area contributed by atoms with E-state index in [9.17, 15) is 14.4 Å². The van der Waals surface area contributed by atoms with Gasteiger partial charge < -0.3 is 14.2 Å². The molecule has 0 aliphatic carbocycles. The molecule has 0 aliphatic rings. The van der Waals surface area contributed by atoms with Gasteiger partial charge in [-0.2, -0.15) is 0 Å². The predicted molar refractivity (Wildman–Crippen MR) is 362 cm³/mol. The zero-order valence-electron chi connectivity index (χ0n) is 54.4. The Kier molecular flexibility index (Phi) is 66.7. The van der Waals surface area contributed by atoms with E-state index < -0.39 is 6.10 Å². The Balaban J connectivity index is 4.23. The third-order valence-corrected chi connectivity index (χ3v) is 15.0. The van der Waals surface area contributed by atoms with Gasteiger partial charge in [-0.15, -0.1) is 0 Å². The lowest BCUT2D eigenvalue weighted by Crippen LogP contribution is -2.30. The van der Waals surface area contributed by atoms with Crippen molar-refractivity contribution in [3.63, 3.8) is 0 Å². The smallest absolute Gasteiger partial charge is 0.306 e. The van der Waals surface area contributed by atoms with Crippen LogP contribution in [0.5, 0.6) is 0 Å². The van der Waals surface area contributed by atoms with Crippen molar-refractivity contribution in [2.45, 2.75) is 335 Å². The van der Waals surface area contributed by atoms with E-state index in [0.29, 0.717) is 19.3 Å². The minimum absolute atomic E-state index is 0.0862. The van der Waals surface area contributed by atoms with Crippen molar-refractivity contribution in [3.8, 4) is 0 Å². The van der Waals surface area contributed by atoms with Crippen LogP contribution in [0.4, 0.5) is 0 Å². The van der Waals surface area contributed by atoms with Crippen molar-refractivity contribution in [2.75, 3.05) is 13.2 Å². The van der Waals surface area contributed by atoms with Gasteiger partial charge in [-0.25, -0.2) is 0 Å². The van der Waals surface area contributed by atoms with Crippen LogP contribution in [0.1, 0.15) is 329 Å². The molecule has 0 heterocycles. The van der Waals surface area contributed by atoms with E-state index in [1.807, 2.05) is 0 Å². The minimum atomic E-state index is -0.792. The maximum Gasteiger partial charge on any atom is 0.306 e. The molecular formula is C77H130O6. The Morgan fingerprint density at radius 3 is 0.735 bits per heavy atom. The zero-order valence-corrected chi connectivity index (χ0v) is 54.4. The average molecular weight is 1150 g/mol. The van der Waals surface area contributed by atoms with Gasteiger partial charge in [0.25, 0.3) is 0 Å². The maximum absolute atomic E-state index is 12.9. The molecule has 6 heteroatoms. The van der Waals surface area contributed by atoms with Gasteiger partial charge in [0.15, 0.2) is 6.10 Å². The lowest BCUT2D eigenvalue weighted by molar-refractivity contribution is -0.167. The molecule has 1 unspecified atom stereocenters. The number of carbonyl (C=O) groups excluding carboxylic acids is 3. The summed E-state index contributed by atoms with van der Waals surface area (Å²) in [5.41, 5.74) is 0. The number of ether oxygens (including phenoxy) is 3. The molecular weight excluding hydrogens is 1020 g/mol. The molecule has 0 fully saturated rings. The zero-order chi connectivity index (χ0) is 59.9. The Labute approximate surface area is 513 Å².